The first-order valence-electron chi connectivity index (χ1n) is 15.9. The van der Waals surface area contributed by atoms with E-state index in [-0.39, 0.29) is 17.6 Å². The molecule has 2 amide bonds. The van der Waals surface area contributed by atoms with Gasteiger partial charge in [0.15, 0.2) is 0 Å². The van der Waals surface area contributed by atoms with E-state index >= 15 is 0 Å². The van der Waals surface area contributed by atoms with Gasteiger partial charge >= 0.3 is 0 Å². The highest BCUT2D eigenvalue weighted by Gasteiger charge is 2.27. The highest BCUT2D eigenvalue weighted by molar-refractivity contribution is 6.35. The van der Waals surface area contributed by atoms with Crippen molar-refractivity contribution in [1.82, 2.24) is 19.8 Å². The van der Waals surface area contributed by atoms with Gasteiger partial charge in [0.25, 0.3) is 11.8 Å². The van der Waals surface area contributed by atoms with E-state index in [4.69, 9.17) is 23.2 Å². The largest absolute Gasteiger partial charge is 0.349 e. The van der Waals surface area contributed by atoms with Gasteiger partial charge in [-0.25, -0.2) is 4.39 Å². The second-order valence-corrected chi connectivity index (χ2v) is 13.3. The molecule has 2 aliphatic rings. The van der Waals surface area contributed by atoms with Crippen LogP contribution in [0.15, 0.2) is 60.7 Å². The van der Waals surface area contributed by atoms with E-state index in [2.05, 4.69) is 22.8 Å². The van der Waals surface area contributed by atoms with Crippen molar-refractivity contribution in [3.63, 3.8) is 0 Å². The van der Waals surface area contributed by atoms with Crippen molar-refractivity contribution in [2.24, 2.45) is 0 Å². The lowest BCUT2D eigenvalue weighted by molar-refractivity contribution is 0.0920. The summed E-state index contributed by atoms with van der Waals surface area (Å²) in [5.41, 5.74) is 9.84. The first-order chi connectivity index (χ1) is 24.0. The third-order valence-corrected chi connectivity index (χ3v) is 9.83. The number of hydrogen-bond donors (Lipinski definition) is 2. The summed E-state index contributed by atoms with van der Waals surface area (Å²) in [7, 11) is 0. The van der Waals surface area contributed by atoms with Crippen LogP contribution in [0.2, 0.25) is 10.0 Å². The molecule has 0 saturated carbocycles. The van der Waals surface area contributed by atoms with Crippen molar-refractivity contribution in [3.8, 4) is 34.4 Å². The maximum atomic E-state index is 13.7. The van der Waals surface area contributed by atoms with Crippen molar-refractivity contribution in [2.75, 3.05) is 13.1 Å². The zero-order valence-corrected chi connectivity index (χ0v) is 28.9. The number of carbonyl (C=O) groups excluding carboxylic acids is 2. The Kier molecular flexibility index (Phi) is 8.35. The van der Waals surface area contributed by atoms with Gasteiger partial charge in [-0.1, -0.05) is 29.3 Å². The first kappa shape index (κ1) is 32.9. The molecule has 0 unspecified atom stereocenters. The van der Waals surface area contributed by atoms with Crippen LogP contribution in [0.5, 0.6) is 0 Å². The minimum Gasteiger partial charge on any atom is -0.349 e. The summed E-state index contributed by atoms with van der Waals surface area (Å²) in [4.78, 5) is 24.7. The number of aromatic nitrogens is 2. The topological polar surface area (TPSA) is 116 Å². The van der Waals surface area contributed by atoms with E-state index < -0.39 is 0 Å². The maximum absolute atomic E-state index is 13.7. The molecule has 4 aromatic carbocycles. The van der Waals surface area contributed by atoms with Gasteiger partial charge in [0.05, 0.1) is 34.3 Å². The van der Waals surface area contributed by atoms with Gasteiger partial charge in [-0.15, -0.1) is 0 Å². The van der Waals surface area contributed by atoms with E-state index in [9.17, 15) is 24.5 Å². The summed E-state index contributed by atoms with van der Waals surface area (Å²) < 4.78 is 17.7. The molecule has 0 spiro atoms. The molecule has 2 N–H and O–H groups in total. The normalized spacial score (nSPS) is 13.4. The van der Waals surface area contributed by atoms with Gasteiger partial charge in [0.1, 0.15) is 17.2 Å². The molecule has 4 heterocycles. The Morgan fingerprint density at radius 1 is 0.680 bits per heavy atom. The van der Waals surface area contributed by atoms with E-state index in [1.54, 1.807) is 25.1 Å². The molecular formula is C39H29Cl2FN6O2. The Morgan fingerprint density at radius 2 is 1.16 bits per heavy atom. The lowest BCUT2D eigenvalue weighted by atomic mass is 9.97. The fourth-order valence-electron chi connectivity index (χ4n) is 7.16. The van der Waals surface area contributed by atoms with Gasteiger partial charge in [0.2, 0.25) is 0 Å². The molecule has 2 aromatic heterocycles. The van der Waals surface area contributed by atoms with E-state index in [1.165, 1.54) is 6.07 Å². The van der Waals surface area contributed by atoms with E-state index in [0.717, 1.165) is 55.2 Å². The smallest absolute Gasteiger partial charge is 0.268 e. The molecule has 2 aliphatic heterocycles. The second-order valence-electron chi connectivity index (χ2n) is 12.4. The lowest BCUT2D eigenvalue weighted by Crippen LogP contribution is -2.35. The summed E-state index contributed by atoms with van der Waals surface area (Å²) in [6.07, 6.45) is 0. The van der Waals surface area contributed by atoms with Crippen LogP contribution in [-0.2, 0) is 13.1 Å². The monoisotopic (exact) mass is 702 g/mol. The number of nitriles is 2. The quantitative estimate of drug-likeness (QED) is 0.189. The van der Waals surface area contributed by atoms with Crippen molar-refractivity contribution < 1.29 is 14.0 Å². The number of aryl methyl sites for hydroxylation is 3. The Labute approximate surface area is 297 Å². The molecule has 0 fully saturated rings. The zero-order chi connectivity index (χ0) is 35.4. The summed E-state index contributed by atoms with van der Waals surface area (Å²) in [6.45, 7) is 8.02. The SMILES string of the molecule is Cc1c2n(c3c(-c4cc(Cl)cc(Cl)c4)cc(C#N)cc13)CCNC2=O.Cc1cc(-c2cc(C#N)cc3c(C)c4n(c23)CCNC4=O)ccc1F. The highest BCUT2D eigenvalue weighted by Crippen LogP contribution is 2.39. The fraction of sp³-hybridized carbons (Fsp3) is 0.179. The third kappa shape index (κ3) is 5.45. The number of nitrogens with one attached hydrogen (secondary N) is 2. The number of benzene rings is 4. The fourth-order valence-corrected chi connectivity index (χ4v) is 7.69. The minimum atomic E-state index is -0.260. The average molecular weight is 704 g/mol. The van der Waals surface area contributed by atoms with Crippen LogP contribution in [0.25, 0.3) is 44.1 Å². The molecular weight excluding hydrogens is 674 g/mol. The van der Waals surface area contributed by atoms with Crippen LogP contribution in [0.3, 0.4) is 0 Å². The predicted molar refractivity (Wildman–Crippen MR) is 193 cm³/mol. The summed E-state index contributed by atoms with van der Waals surface area (Å²) in [5.74, 6) is -0.447. The molecule has 0 aliphatic carbocycles. The summed E-state index contributed by atoms with van der Waals surface area (Å²) in [5, 5.41) is 27.4. The molecule has 8 nitrogen and oxygen atoms in total. The van der Waals surface area contributed by atoms with Crippen LogP contribution in [0.4, 0.5) is 4.39 Å². The van der Waals surface area contributed by atoms with Crippen LogP contribution in [0.1, 0.15) is 48.8 Å². The van der Waals surface area contributed by atoms with Crippen molar-refractivity contribution >= 4 is 56.8 Å². The van der Waals surface area contributed by atoms with Crippen LogP contribution < -0.4 is 10.6 Å². The molecule has 0 bridgehead atoms. The Bertz CT molecular complexity index is 2510. The Balaban J connectivity index is 0.000000157. The number of amides is 2. The second kappa shape index (κ2) is 12.7. The Hall–Kier alpha value is -5.61. The number of rotatable bonds is 2. The molecule has 8 rings (SSSR count). The number of fused-ring (bicyclic) bond motifs is 6. The summed E-state index contributed by atoms with van der Waals surface area (Å²) >= 11 is 12.4. The standard InChI is InChI=1S/C20H16FN3O.C19H13Cl2N3O/c1-11-7-14(3-4-17(11)21)16-9-13(10-22)8-15-12(2)18-20(25)23-5-6-24(18)19(15)16;1-10-15-4-11(9-22)5-16(12-6-13(20)8-14(21)7-12)18(15)24-3-2-23-19(25)17(10)24/h3-4,7-9H,5-6H2,1-2H3,(H,23,25);4-8H,2-3H2,1H3,(H,23,25). The van der Waals surface area contributed by atoms with Crippen LogP contribution in [-0.4, -0.2) is 34.0 Å². The molecule has 0 saturated heterocycles. The zero-order valence-electron chi connectivity index (χ0n) is 27.3. The van der Waals surface area contributed by atoms with Crippen molar-refractivity contribution in [1.29, 1.82) is 10.5 Å². The highest BCUT2D eigenvalue weighted by atomic mass is 35.5. The van der Waals surface area contributed by atoms with Crippen LogP contribution >= 0.6 is 23.2 Å². The van der Waals surface area contributed by atoms with Gasteiger partial charge in [-0.2, -0.15) is 10.5 Å². The number of nitrogens with zero attached hydrogens (tertiary/aromatic N) is 4. The summed E-state index contributed by atoms with van der Waals surface area (Å²) in [6, 6.07) is 21.9. The molecule has 0 atom stereocenters. The van der Waals surface area contributed by atoms with E-state index in [1.807, 2.05) is 59.4 Å². The van der Waals surface area contributed by atoms with Crippen molar-refractivity contribution in [3.05, 3.63) is 116 Å². The third-order valence-electron chi connectivity index (χ3n) is 9.39. The van der Waals surface area contributed by atoms with Crippen molar-refractivity contribution in [2.45, 2.75) is 33.9 Å². The lowest BCUT2D eigenvalue weighted by Gasteiger charge is -2.18. The number of hydrogen-bond acceptors (Lipinski definition) is 4. The minimum absolute atomic E-state index is 0.0893. The molecule has 248 valence electrons. The van der Waals surface area contributed by atoms with Gasteiger partial charge in [0, 0.05) is 58.1 Å². The first-order valence-corrected chi connectivity index (χ1v) is 16.7. The van der Waals surface area contributed by atoms with Crippen LogP contribution in [0, 0.1) is 49.3 Å². The van der Waals surface area contributed by atoms with Gasteiger partial charge in [-0.05, 0) is 103 Å². The Morgan fingerprint density at radius 3 is 1.62 bits per heavy atom. The van der Waals surface area contributed by atoms with Gasteiger partial charge < -0.3 is 19.8 Å². The number of halogens is 3. The molecule has 11 heteroatoms. The maximum Gasteiger partial charge on any atom is 0.268 e. The average Bonchev–Trinajstić information content (AvgIpc) is 3.56. The molecule has 6 aromatic rings. The molecule has 0 radical (unpaired) electrons. The van der Waals surface area contributed by atoms with E-state index in [0.29, 0.717) is 64.3 Å². The van der Waals surface area contributed by atoms with Gasteiger partial charge in [-0.3, -0.25) is 9.59 Å². The molecule has 50 heavy (non-hydrogen) atoms. The predicted octanol–water partition coefficient (Wildman–Crippen LogP) is 8.22. The number of carbonyl (C=O) groups is 2.